The molecule has 0 bridgehead atoms. The molecule has 3 aromatic carbocycles. The Bertz CT molecular complexity index is 1260. The van der Waals surface area contributed by atoms with E-state index in [9.17, 15) is 0 Å². The lowest BCUT2D eigenvalue weighted by Crippen LogP contribution is -2.11. The van der Waals surface area contributed by atoms with Crippen molar-refractivity contribution in [3.63, 3.8) is 0 Å². The lowest BCUT2D eigenvalue weighted by Gasteiger charge is -2.19. The van der Waals surface area contributed by atoms with E-state index in [0.29, 0.717) is 5.70 Å². The van der Waals surface area contributed by atoms with Gasteiger partial charge in [-0.15, -0.1) is 0 Å². The van der Waals surface area contributed by atoms with Gasteiger partial charge in [0.05, 0.1) is 17.1 Å². The molecular weight excluding hydrogens is 368 g/mol. The highest BCUT2D eigenvalue weighted by atomic mass is 15.2. The van der Waals surface area contributed by atoms with Crippen LogP contribution in [0.3, 0.4) is 0 Å². The summed E-state index contributed by atoms with van der Waals surface area (Å²) >= 11 is 0. The van der Waals surface area contributed by atoms with E-state index in [1.165, 1.54) is 11.1 Å². The topological polar surface area (TPSA) is 55.9 Å². The molecule has 4 heteroatoms. The zero-order valence-corrected chi connectivity index (χ0v) is 16.8. The molecule has 0 fully saturated rings. The Morgan fingerprint density at radius 3 is 2.67 bits per heavy atom. The molecule has 0 aliphatic heterocycles. The van der Waals surface area contributed by atoms with E-state index >= 15 is 0 Å². The highest BCUT2D eigenvalue weighted by Crippen LogP contribution is 2.39. The second-order valence-corrected chi connectivity index (χ2v) is 7.74. The Labute approximate surface area is 176 Å². The third-order valence-corrected chi connectivity index (χ3v) is 5.88. The fraction of sp³-hybridized carbons (Fsp3) is 0.115. The van der Waals surface area contributed by atoms with Crippen molar-refractivity contribution in [2.75, 3.05) is 5.32 Å². The van der Waals surface area contributed by atoms with Gasteiger partial charge in [0.25, 0.3) is 0 Å². The molecule has 1 aliphatic carbocycles. The summed E-state index contributed by atoms with van der Waals surface area (Å²) in [6, 6.07) is 23.3. The number of benzene rings is 3. The van der Waals surface area contributed by atoms with Crippen molar-refractivity contribution in [2.45, 2.75) is 18.9 Å². The van der Waals surface area contributed by atoms with Crippen molar-refractivity contribution in [3.8, 4) is 0 Å². The maximum Gasteiger partial charge on any atom is 0.209 e. The number of aryl methyl sites for hydroxylation is 1. The van der Waals surface area contributed by atoms with Crippen LogP contribution in [0.25, 0.3) is 22.8 Å². The molecule has 1 aliphatic rings. The van der Waals surface area contributed by atoms with Gasteiger partial charge in [-0.25, -0.2) is 4.98 Å². The Kier molecular flexibility index (Phi) is 4.40. The van der Waals surface area contributed by atoms with Crippen molar-refractivity contribution in [1.82, 2.24) is 9.55 Å². The van der Waals surface area contributed by atoms with Crippen LogP contribution in [-0.2, 0) is 6.42 Å². The van der Waals surface area contributed by atoms with Gasteiger partial charge in [-0.3, -0.25) is 0 Å². The average Bonchev–Trinajstić information content (AvgIpc) is 3.34. The monoisotopic (exact) mass is 392 g/mol. The summed E-state index contributed by atoms with van der Waals surface area (Å²) in [5.74, 6) is 0.831. The number of fused-ring (bicyclic) bond motifs is 2. The minimum Gasteiger partial charge on any atom is -0.399 e. The third-order valence-electron chi connectivity index (χ3n) is 5.88. The zero-order chi connectivity index (χ0) is 20.7. The van der Waals surface area contributed by atoms with Crippen LogP contribution in [0.5, 0.6) is 0 Å². The van der Waals surface area contributed by atoms with Crippen molar-refractivity contribution < 1.29 is 0 Å². The smallest absolute Gasteiger partial charge is 0.209 e. The van der Waals surface area contributed by atoms with E-state index in [0.717, 1.165) is 46.6 Å². The molecule has 4 aromatic rings. The first-order valence-electron chi connectivity index (χ1n) is 10.2. The number of aromatic nitrogens is 2. The number of nitrogens with zero attached hydrogens (tertiary/aromatic N) is 2. The van der Waals surface area contributed by atoms with Crippen molar-refractivity contribution in [1.29, 1.82) is 0 Å². The molecular formula is C26H24N4. The molecule has 1 atom stereocenters. The number of rotatable bonds is 5. The Morgan fingerprint density at radius 2 is 1.90 bits per heavy atom. The van der Waals surface area contributed by atoms with Crippen LogP contribution in [0.2, 0.25) is 0 Å². The molecule has 1 aromatic heterocycles. The Balaban J connectivity index is 1.65. The van der Waals surface area contributed by atoms with Gasteiger partial charge in [0.1, 0.15) is 0 Å². The van der Waals surface area contributed by atoms with Crippen LogP contribution in [0, 0.1) is 0 Å². The standard InChI is InChI=1S/C26H24N4/c1-3-18-8-12-21(13-9-18)28-26-29-23-16-20(17(2)27)11-15-25(23)30(26)24-14-10-19-6-4-5-7-22(19)24/h3-9,11-13,15-16,24H,1-2,10,14,27H2,(H,28,29). The van der Waals surface area contributed by atoms with E-state index in [1.54, 1.807) is 0 Å². The number of hydrogen-bond acceptors (Lipinski definition) is 3. The van der Waals surface area contributed by atoms with Crippen LogP contribution in [0.4, 0.5) is 11.6 Å². The zero-order valence-electron chi connectivity index (χ0n) is 16.8. The summed E-state index contributed by atoms with van der Waals surface area (Å²) in [5.41, 5.74) is 14.2. The van der Waals surface area contributed by atoms with Gasteiger partial charge in [-0.05, 0) is 59.4 Å². The molecule has 4 nitrogen and oxygen atoms in total. The minimum atomic E-state index is 0.244. The summed E-state index contributed by atoms with van der Waals surface area (Å²) in [5, 5.41) is 3.53. The van der Waals surface area contributed by atoms with Crippen molar-refractivity contribution in [2.24, 2.45) is 5.73 Å². The molecule has 3 N–H and O–H groups in total. The molecule has 0 radical (unpaired) electrons. The summed E-state index contributed by atoms with van der Waals surface area (Å²) in [7, 11) is 0. The van der Waals surface area contributed by atoms with Gasteiger partial charge in [0.15, 0.2) is 0 Å². The van der Waals surface area contributed by atoms with E-state index in [4.69, 9.17) is 10.7 Å². The number of imidazole rings is 1. The largest absolute Gasteiger partial charge is 0.399 e. The van der Waals surface area contributed by atoms with Gasteiger partial charge in [-0.2, -0.15) is 0 Å². The van der Waals surface area contributed by atoms with E-state index in [2.05, 4.69) is 65.5 Å². The van der Waals surface area contributed by atoms with Gasteiger partial charge < -0.3 is 15.6 Å². The molecule has 1 unspecified atom stereocenters. The lowest BCUT2D eigenvalue weighted by atomic mass is 10.1. The second kappa shape index (κ2) is 7.23. The number of nitrogens with one attached hydrogen (secondary N) is 1. The maximum atomic E-state index is 5.93. The third kappa shape index (κ3) is 3.07. The van der Waals surface area contributed by atoms with Crippen molar-refractivity contribution in [3.05, 3.63) is 102 Å². The van der Waals surface area contributed by atoms with E-state index in [1.807, 2.05) is 30.3 Å². The Morgan fingerprint density at radius 1 is 1.10 bits per heavy atom. The van der Waals surface area contributed by atoms with Crippen LogP contribution >= 0.6 is 0 Å². The number of hydrogen-bond donors (Lipinski definition) is 2. The van der Waals surface area contributed by atoms with Crippen LogP contribution < -0.4 is 11.1 Å². The molecule has 0 saturated heterocycles. The van der Waals surface area contributed by atoms with Crippen LogP contribution in [-0.4, -0.2) is 9.55 Å². The maximum absolute atomic E-state index is 5.93. The molecule has 0 spiro atoms. The first kappa shape index (κ1) is 18.3. The van der Waals surface area contributed by atoms with E-state index in [-0.39, 0.29) is 6.04 Å². The molecule has 30 heavy (non-hydrogen) atoms. The Hall–Kier alpha value is -3.79. The summed E-state index contributed by atoms with van der Waals surface area (Å²) < 4.78 is 2.33. The molecule has 5 rings (SSSR count). The molecule has 0 saturated carbocycles. The predicted octanol–water partition coefficient (Wildman–Crippen LogP) is 5.89. The lowest BCUT2D eigenvalue weighted by molar-refractivity contribution is 0.602. The predicted molar refractivity (Wildman–Crippen MR) is 126 cm³/mol. The van der Waals surface area contributed by atoms with Gasteiger partial charge in [0.2, 0.25) is 5.95 Å². The molecule has 1 heterocycles. The van der Waals surface area contributed by atoms with Crippen LogP contribution in [0.1, 0.15) is 34.7 Å². The highest BCUT2D eigenvalue weighted by Gasteiger charge is 2.27. The number of nitrogens with two attached hydrogens (primary N) is 1. The van der Waals surface area contributed by atoms with Crippen molar-refractivity contribution >= 4 is 34.4 Å². The first-order chi connectivity index (χ1) is 14.6. The fourth-order valence-corrected chi connectivity index (χ4v) is 4.34. The quantitative estimate of drug-likeness (QED) is 0.445. The summed E-state index contributed by atoms with van der Waals surface area (Å²) in [4.78, 5) is 4.95. The van der Waals surface area contributed by atoms with Crippen LogP contribution in [0.15, 0.2) is 79.9 Å². The first-order valence-corrected chi connectivity index (χ1v) is 10.2. The summed E-state index contributed by atoms with van der Waals surface area (Å²) in [6.45, 7) is 7.70. The average molecular weight is 393 g/mol. The van der Waals surface area contributed by atoms with E-state index < -0.39 is 0 Å². The SMILES string of the molecule is C=Cc1ccc(Nc2nc3cc(C(=C)N)ccc3n2C2CCc3ccccc32)cc1. The summed E-state index contributed by atoms with van der Waals surface area (Å²) in [6.07, 6.45) is 3.97. The molecule has 148 valence electrons. The normalized spacial score (nSPS) is 15.1. The van der Waals surface area contributed by atoms with Gasteiger partial charge >= 0.3 is 0 Å². The van der Waals surface area contributed by atoms with Gasteiger partial charge in [-0.1, -0.05) is 61.7 Å². The molecule has 0 amide bonds. The highest BCUT2D eigenvalue weighted by molar-refractivity contribution is 5.84. The van der Waals surface area contributed by atoms with Gasteiger partial charge in [0, 0.05) is 11.4 Å². The fourth-order valence-electron chi connectivity index (χ4n) is 4.34. The second-order valence-electron chi connectivity index (χ2n) is 7.74. The number of anilines is 2. The minimum absolute atomic E-state index is 0.244.